The zero-order valence-electron chi connectivity index (χ0n) is 15.6. The smallest absolute Gasteiger partial charge is 0.264 e. The van der Waals surface area contributed by atoms with Crippen LogP contribution in [-0.4, -0.2) is 44.1 Å². The number of carbonyl (C=O) groups is 1. The summed E-state index contributed by atoms with van der Waals surface area (Å²) in [6.07, 6.45) is 0.969. The van der Waals surface area contributed by atoms with Gasteiger partial charge in [0.1, 0.15) is 18.1 Å². The lowest BCUT2D eigenvalue weighted by molar-refractivity contribution is -0.917. The monoisotopic (exact) mass is 377 g/mol. The van der Waals surface area contributed by atoms with Gasteiger partial charge in [0.05, 0.1) is 43.7 Å². The summed E-state index contributed by atoms with van der Waals surface area (Å²) in [6, 6.07) is 6.66. The number of amides is 1. The van der Waals surface area contributed by atoms with Crippen LogP contribution in [0, 0.1) is 12.7 Å². The Morgan fingerprint density at radius 3 is 2.65 bits per heavy atom. The van der Waals surface area contributed by atoms with Crippen LogP contribution in [0.2, 0.25) is 0 Å². The summed E-state index contributed by atoms with van der Waals surface area (Å²) in [7, 11) is 1.61. The Hall–Kier alpha value is -1.92. The fraction of sp³-hybridized carbons (Fsp3) is 0.450. The number of nitrogens with zero attached hydrogens (tertiary/aromatic N) is 1. The van der Waals surface area contributed by atoms with Gasteiger partial charge in [0.15, 0.2) is 0 Å². The molecule has 0 aliphatic carbocycles. The van der Waals surface area contributed by atoms with E-state index in [1.165, 1.54) is 21.4 Å². The lowest BCUT2D eigenvalue weighted by Crippen LogP contribution is -3.13. The lowest BCUT2D eigenvalue weighted by atomic mass is 10.1. The average molecular weight is 378 g/mol. The number of methoxy groups -OCH3 is 1. The Morgan fingerprint density at radius 1 is 1.31 bits per heavy atom. The van der Waals surface area contributed by atoms with E-state index >= 15 is 0 Å². The number of aryl methyl sites for hydroxylation is 2. The first-order valence-electron chi connectivity index (χ1n) is 9.06. The summed E-state index contributed by atoms with van der Waals surface area (Å²) < 4.78 is 18.9. The van der Waals surface area contributed by atoms with Crippen LogP contribution in [0.1, 0.15) is 32.6 Å². The minimum absolute atomic E-state index is 0.139. The van der Waals surface area contributed by atoms with Gasteiger partial charge in [-0.25, -0.2) is 4.39 Å². The van der Waals surface area contributed by atoms with Gasteiger partial charge in [-0.15, -0.1) is 11.3 Å². The molecule has 1 aliphatic rings. The molecule has 1 N–H and O–H groups in total. The fourth-order valence-electron chi connectivity index (χ4n) is 3.49. The van der Waals surface area contributed by atoms with Crippen molar-refractivity contribution < 1.29 is 18.8 Å². The second kappa shape index (κ2) is 8.18. The van der Waals surface area contributed by atoms with Crippen molar-refractivity contribution >= 4 is 17.2 Å². The molecular formula is C20H26FN2O2S+. The zero-order valence-corrected chi connectivity index (χ0v) is 16.4. The van der Waals surface area contributed by atoms with Gasteiger partial charge in [-0.05, 0) is 43.2 Å². The third-order valence-corrected chi connectivity index (χ3v) is 6.36. The van der Waals surface area contributed by atoms with Crippen molar-refractivity contribution in [3.8, 4) is 5.75 Å². The van der Waals surface area contributed by atoms with Crippen molar-refractivity contribution in [1.29, 1.82) is 0 Å². The standard InChI is InChI=1S/C20H25FN2O2S/c1-4-18-14(2)11-19(26-18)20(24)23-9-7-22(8-10-23)13-15-12-16(21)5-6-17(15)25-3/h5-6,11-12H,4,7-10,13H2,1-3H3/p+1. The van der Waals surface area contributed by atoms with Gasteiger partial charge < -0.3 is 14.5 Å². The Bertz CT molecular complexity index is 782. The fourth-order valence-corrected chi connectivity index (χ4v) is 4.57. The molecule has 0 atom stereocenters. The highest BCUT2D eigenvalue weighted by atomic mass is 32.1. The summed E-state index contributed by atoms with van der Waals surface area (Å²) in [4.78, 5) is 18.2. The molecule has 1 aromatic heterocycles. The van der Waals surface area contributed by atoms with E-state index in [1.54, 1.807) is 30.6 Å². The Kier molecular flexibility index (Phi) is 5.94. The molecule has 1 aromatic carbocycles. The molecule has 0 radical (unpaired) electrons. The molecular weight excluding hydrogens is 351 g/mol. The van der Waals surface area contributed by atoms with E-state index in [4.69, 9.17) is 4.74 Å². The SMILES string of the molecule is CCc1sc(C(=O)N2CC[NH+](Cc3cc(F)ccc3OC)CC2)cc1C. The van der Waals surface area contributed by atoms with Gasteiger partial charge in [0.2, 0.25) is 0 Å². The summed E-state index contributed by atoms with van der Waals surface area (Å²) >= 11 is 1.61. The molecule has 0 unspecified atom stereocenters. The minimum Gasteiger partial charge on any atom is -0.496 e. The van der Waals surface area contributed by atoms with Crippen molar-refractivity contribution in [1.82, 2.24) is 4.90 Å². The molecule has 2 heterocycles. The molecule has 4 nitrogen and oxygen atoms in total. The normalized spacial score (nSPS) is 15.3. The molecule has 1 aliphatic heterocycles. The van der Waals surface area contributed by atoms with E-state index in [-0.39, 0.29) is 11.7 Å². The predicted octanol–water partition coefficient (Wildman–Crippen LogP) is 2.31. The van der Waals surface area contributed by atoms with Crippen LogP contribution < -0.4 is 9.64 Å². The van der Waals surface area contributed by atoms with E-state index in [1.807, 2.05) is 11.0 Å². The van der Waals surface area contributed by atoms with Crippen LogP contribution in [0.25, 0.3) is 0 Å². The third kappa shape index (κ3) is 4.07. The molecule has 2 aromatic rings. The van der Waals surface area contributed by atoms with Gasteiger partial charge in [-0.1, -0.05) is 6.92 Å². The van der Waals surface area contributed by atoms with Crippen LogP contribution in [0.3, 0.4) is 0 Å². The zero-order chi connectivity index (χ0) is 18.7. The molecule has 1 fully saturated rings. The average Bonchev–Trinajstić information content (AvgIpc) is 3.03. The number of ether oxygens (including phenoxy) is 1. The van der Waals surface area contributed by atoms with E-state index in [9.17, 15) is 9.18 Å². The molecule has 3 rings (SSSR count). The van der Waals surface area contributed by atoms with Crippen molar-refractivity contribution in [2.24, 2.45) is 0 Å². The first kappa shape index (κ1) is 18.9. The van der Waals surface area contributed by atoms with E-state index < -0.39 is 0 Å². The largest absolute Gasteiger partial charge is 0.496 e. The number of thiophene rings is 1. The van der Waals surface area contributed by atoms with Crippen molar-refractivity contribution in [2.75, 3.05) is 33.3 Å². The molecule has 0 spiro atoms. The van der Waals surface area contributed by atoms with Crippen molar-refractivity contribution in [3.63, 3.8) is 0 Å². The number of hydrogen-bond donors (Lipinski definition) is 1. The summed E-state index contributed by atoms with van der Waals surface area (Å²) in [5, 5.41) is 0. The number of nitrogens with one attached hydrogen (secondary N) is 1. The van der Waals surface area contributed by atoms with Crippen LogP contribution >= 0.6 is 11.3 Å². The molecule has 0 saturated carbocycles. The maximum absolute atomic E-state index is 13.5. The Morgan fingerprint density at radius 2 is 2.04 bits per heavy atom. The maximum atomic E-state index is 13.5. The Labute approximate surface area is 158 Å². The molecule has 26 heavy (non-hydrogen) atoms. The van der Waals surface area contributed by atoms with Gasteiger partial charge in [-0.3, -0.25) is 4.79 Å². The van der Waals surface area contributed by atoms with E-state index in [0.717, 1.165) is 48.8 Å². The maximum Gasteiger partial charge on any atom is 0.264 e. The number of halogens is 1. The first-order valence-corrected chi connectivity index (χ1v) is 9.88. The van der Waals surface area contributed by atoms with Crippen LogP contribution in [0.5, 0.6) is 5.75 Å². The van der Waals surface area contributed by atoms with Crippen molar-refractivity contribution in [3.05, 3.63) is 51.0 Å². The number of quaternary nitrogens is 1. The van der Waals surface area contributed by atoms with Crippen molar-refractivity contribution in [2.45, 2.75) is 26.8 Å². The van der Waals surface area contributed by atoms with E-state index in [0.29, 0.717) is 6.54 Å². The second-order valence-electron chi connectivity index (χ2n) is 6.75. The van der Waals surface area contributed by atoms with Gasteiger partial charge in [0.25, 0.3) is 5.91 Å². The predicted molar refractivity (Wildman–Crippen MR) is 102 cm³/mol. The number of piperazine rings is 1. The first-order chi connectivity index (χ1) is 12.5. The van der Waals surface area contributed by atoms with Gasteiger partial charge in [0, 0.05) is 4.88 Å². The van der Waals surface area contributed by atoms with E-state index in [2.05, 4.69) is 13.8 Å². The molecule has 6 heteroatoms. The topological polar surface area (TPSA) is 34.0 Å². The minimum atomic E-state index is -0.242. The van der Waals surface area contributed by atoms with Gasteiger partial charge in [-0.2, -0.15) is 0 Å². The molecule has 0 bridgehead atoms. The second-order valence-corrected chi connectivity index (χ2v) is 7.88. The quantitative estimate of drug-likeness (QED) is 0.868. The molecule has 140 valence electrons. The summed E-state index contributed by atoms with van der Waals surface area (Å²) in [6.45, 7) is 8.07. The highest BCUT2D eigenvalue weighted by Crippen LogP contribution is 2.24. The highest BCUT2D eigenvalue weighted by Gasteiger charge is 2.26. The highest BCUT2D eigenvalue weighted by molar-refractivity contribution is 7.14. The summed E-state index contributed by atoms with van der Waals surface area (Å²) in [5.74, 6) is 0.618. The van der Waals surface area contributed by atoms with Crippen LogP contribution in [0.4, 0.5) is 4.39 Å². The van der Waals surface area contributed by atoms with Crippen LogP contribution in [0.15, 0.2) is 24.3 Å². The number of rotatable bonds is 5. The van der Waals surface area contributed by atoms with Crippen LogP contribution in [-0.2, 0) is 13.0 Å². The van der Waals surface area contributed by atoms with Gasteiger partial charge >= 0.3 is 0 Å². The number of benzene rings is 1. The summed E-state index contributed by atoms with van der Waals surface area (Å²) in [5.41, 5.74) is 2.09. The lowest BCUT2D eigenvalue weighted by Gasteiger charge is -2.32. The Balaban J connectivity index is 1.60. The number of hydrogen-bond acceptors (Lipinski definition) is 3. The third-order valence-electron chi connectivity index (χ3n) is 4.99. The molecule has 1 saturated heterocycles. The molecule has 1 amide bonds. The number of carbonyl (C=O) groups excluding carboxylic acids is 1.